The zero-order chi connectivity index (χ0) is 10.7. The lowest BCUT2D eigenvalue weighted by Gasteiger charge is -2.26. The smallest absolute Gasteiger partial charge is 0.306 e. The fourth-order valence-electron chi connectivity index (χ4n) is 1.70. The number of aliphatic hydroxyl groups is 1. The van der Waals surface area contributed by atoms with Gasteiger partial charge in [0.1, 0.15) is 0 Å². The molecular formula is C10H19NO3. The first-order valence-electron chi connectivity index (χ1n) is 5.10. The van der Waals surface area contributed by atoms with Crippen LogP contribution in [0.3, 0.4) is 0 Å². The summed E-state index contributed by atoms with van der Waals surface area (Å²) in [6.07, 6.45) is 1.61. The van der Waals surface area contributed by atoms with E-state index in [4.69, 9.17) is 5.11 Å². The van der Waals surface area contributed by atoms with Crippen molar-refractivity contribution in [2.45, 2.75) is 38.3 Å². The minimum absolute atomic E-state index is 0.165. The summed E-state index contributed by atoms with van der Waals surface area (Å²) in [7, 11) is 1.94. The molecule has 2 unspecified atom stereocenters. The Hall–Kier alpha value is -0.610. The zero-order valence-corrected chi connectivity index (χ0v) is 8.81. The highest BCUT2D eigenvalue weighted by Gasteiger charge is 2.31. The molecule has 1 rings (SSSR count). The molecule has 0 aromatic heterocycles. The number of aliphatic carboxylic acids is 1. The van der Waals surface area contributed by atoms with E-state index in [1.807, 2.05) is 11.9 Å². The van der Waals surface area contributed by atoms with Crippen LogP contribution < -0.4 is 0 Å². The lowest BCUT2D eigenvalue weighted by Crippen LogP contribution is -2.37. The normalized spacial score (nSPS) is 20.9. The third-order valence-corrected chi connectivity index (χ3v) is 2.91. The molecule has 0 spiro atoms. The van der Waals surface area contributed by atoms with Crippen LogP contribution in [0.2, 0.25) is 0 Å². The molecule has 1 aliphatic rings. The molecule has 2 atom stereocenters. The first-order chi connectivity index (χ1) is 6.50. The van der Waals surface area contributed by atoms with Crippen LogP contribution in [0, 0.1) is 5.92 Å². The second-order valence-electron chi connectivity index (χ2n) is 4.27. The van der Waals surface area contributed by atoms with Gasteiger partial charge in [0.05, 0.1) is 12.5 Å². The summed E-state index contributed by atoms with van der Waals surface area (Å²) in [4.78, 5) is 12.4. The van der Waals surface area contributed by atoms with Gasteiger partial charge in [0.2, 0.25) is 0 Å². The summed E-state index contributed by atoms with van der Waals surface area (Å²) in [5.41, 5.74) is 0. The van der Waals surface area contributed by atoms with Crippen molar-refractivity contribution in [1.82, 2.24) is 4.90 Å². The Bertz CT molecular complexity index is 204. The quantitative estimate of drug-likeness (QED) is 0.659. The number of hydrogen-bond donors (Lipinski definition) is 2. The van der Waals surface area contributed by atoms with E-state index >= 15 is 0 Å². The SMILES string of the molecule is CC(C1CC1)N(C)CC(O)CC(=O)O. The second kappa shape index (κ2) is 4.75. The van der Waals surface area contributed by atoms with Gasteiger partial charge < -0.3 is 15.1 Å². The van der Waals surface area contributed by atoms with Gasteiger partial charge in [0.25, 0.3) is 0 Å². The van der Waals surface area contributed by atoms with Crippen molar-refractivity contribution in [3.63, 3.8) is 0 Å². The van der Waals surface area contributed by atoms with E-state index < -0.39 is 12.1 Å². The fraction of sp³-hybridized carbons (Fsp3) is 0.900. The van der Waals surface area contributed by atoms with E-state index in [0.717, 1.165) is 5.92 Å². The van der Waals surface area contributed by atoms with Gasteiger partial charge in [-0.3, -0.25) is 4.79 Å². The van der Waals surface area contributed by atoms with Gasteiger partial charge in [0, 0.05) is 12.6 Å². The topological polar surface area (TPSA) is 60.8 Å². The van der Waals surface area contributed by atoms with Crippen LogP contribution in [0.1, 0.15) is 26.2 Å². The maximum Gasteiger partial charge on any atom is 0.306 e. The van der Waals surface area contributed by atoms with Crippen molar-refractivity contribution in [3.05, 3.63) is 0 Å². The molecule has 0 amide bonds. The molecule has 0 aromatic carbocycles. The van der Waals surface area contributed by atoms with E-state index in [0.29, 0.717) is 12.6 Å². The molecule has 0 radical (unpaired) electrons. The number of nitrogens with zero attached hydrogens (tertiary/aromatic N) is 1. The molecule has 4 nitrogen and oxygen atoms in total. The van der Waals surface area contributed by atoms with Crippen LogP contribution in [0.25, 0.3) is 0 Å². The summed E-state index contributed by atoms with van der Waals surface area (Å²) >= 11 is 0. The standard InChI is InChI=1S/C10H19NO3/c1-7(8-3-4-8)11(2)6-9(12)5-10(13)14/h7-9,12H,3-6H2,1-2H3,(H,13,14). The Morgan fingerprint density at radius 2 is 2.14 bits per heavy atom. The van der Waals surface area contributed by atoms with Crippen LogP contribution >= 0.6 is 0 Å². The number of carboxylic acids is 1. The highest BCUT2D eigenvalue weighted by Crippen LogP contribution is 2.34. The first-order valence-corrected chi connectivity index (χ1v) is 5.10. The van der Waals surface area contributed by atoms with Crippen LogP contribution in [-0.4, -0.2) is 46.8 Å². The van der Waals surface area contributed by atoms with E-state index in [9.17, 15) is 9.90 Å². The monoisotopic (exact) mass is 201 g/mol. The van der Waals surface area contributed by atoms with Gasteiger partial charge in [-0.05, 0) is 32.7 Å². The van der Waals surface area contributed by atoms with Crippen LogP contribution in [-0.2, 0) is 4.79 Å². The molecule has 2 N–H and O–H groups in total. The van der Waals surface area contributed by atoms with E-state index in [-0.39, 0.29) is 6.42 Å². The predicted octanol–water partition coefficient (Wildman–Crippen LogP) is 0.552. The van der Waals surface area contributed by atoms with Gasteiger partial charge in [-0.1, -0.05) is 0 Å². The van der Waals surface area contributed by atoms with Crippen molar-refractivity contribution >= 4 is 5.97 Å². The van der Waals surface area contributed by atoms with E-state index in [2.05, 4.69) is 6.92 Å². The van der Waals surface area contributed by atoms with Crippen molar-refractivity contribution in [1.29, 1.82) is 0 Å². The van der Waals surface area contributed by atoms with Gasteiger partial charge in [0.15, 0.2) is 0 Å². The number of carbonyl (C=O) groups is 1. The Kier molecular flexibility index (Phi) is 3.89. The number of carboxylic acid groups (broad SMARTS) is 1. The Labute approximate surface area is 84.5 Å². The summed E-state index contributed by atoms with van der Waals surface area (Å²) in [5, 5.41) is 17.9. The van der Waals surface area contributed by atoms with E-state index in [1.54, 1.807) is 0 Å². The van der Waals surface area contributed by atoms with Crippen LogP contribution in [0.15, 0.2) is 0 Å². The summed E-state index contributed by atoms with van der Waals surface area (Å²) < 4.78 is 0. The van der Waals surface area contributed by atoms with E-state index in [1.165, 1.54) is 12.8 Å². The van der Waals surface area contributed by atoms with Crippen molar-refractivity contribution < 1.29 is 15.0 Å². The molecule has 4 heteroatoms. The third kappa shape index (κ3) is 3.64. The molecule has 0 aromatic rings. The van der Waals surface area contributed by atoms with Gasteiger partial charge >= 0.3 is 5.97 Å². The maximum absolute atomic E-state index is 10.3. The number of aliphatic hydroxyl groups excluding tert-OH is 1. The number of likely N-dealkylation sites (N-methyl/N-ethyl adjacent to an activating group) is 1. The third-order valence-electron chi connectivity index (χ3n) is 2.91. The molecule has 0 aliphatic heterocycles. The largest absolute Gasteiger partial charge is 0.481 e. The molecule has 1 fully saturated rings. The molecule has 0 saturated heterocycles. The maximum atomic E-state index is 10.3. The molecule has 14 heavy (non-hydrogen) atoms. The van der Waals surface area contributed by atoms with Crippen molar-refractivity contribution in [2.24, 2.45) is 5.92 Å². The molecular weight excluding hydrogens is 182 g/mol. The highest BCUT2D eigenvalue weighted by molar-refractivity contribution is 5.67. The molecule has 1 aliphatic carbocycles. The predicted molar refractivity (Wildman–Crippen MR) is 53.1 cm³/mol. The number of rotatable bonds is 6. The highest BCUT2D eigenvalue weighted by atomic mass is 16.4. The molecule has 82 valence electrons. The lowest BCUT2D eigenvalue weighted by atomic mass is 10.1. The summed E-state index contributed by atoms with van der Waals surface area (Å²) in [6, 6.07) is 0.457. The Morgan fingerprint density at radius 1 is 1.57 bits per heavy atom. The van der Waals surface area contributed by atoms with Gasteiger partial charge in [-0.2, -0.15) is 0 Å². The Morgan fingerprint density at radius 3 is 2.57 bits per heavy atom. The summed E-state index contributed by atoms with van der Waals surface area (Å²) in [6.45, 7) is 2.58. The summed E-state index contributed by atoms with van der Waals surface area (Å²) in [5.74, 6) is -0.193. The molecule has 0 heterocycles. The average Bonchev–Trinajstić information content (AvgIpc) is 2.83. The van der Waals surface area contributed by atoms with Gasteiger partial charge in [-0.25, -0.2) is 0 Å². The fourth-order valence-corrected chi connectivity index (χ4v) is 1.70. The lowest BCUT2D eigenvalue weighted by molar-refractivity contribution is -0.139. The average molecular weight is 201 g/mol. The first kappa shape index (κ1) is 11.5. The van der Waals surface area contributed by atoms with Crippen LogP contribution in [0.4, 0.5) is 0 Å². The Balaban J connectivity index is 2.23. The molecule has 0 bridgehead atoms. The van der Waals surface area contributed by atoms with Gasteiger partial charge in [-0.15, -0.1) is 0 Å². The second-order valence-corrected chi connectivity index (χ2v) is 4.27. The van der Waals surface area contributed by atoms with Crippen LogP contribution in [0.5, 0.6) is 0 Å². The van der Waals surface area contributed by atoms with Crippen molar-refractivity contribution in [2.75, 3.05) is 13.6 Å². The minimum Gasteiger partial charge on any atom is -0.481 e. The zero-order valence-electron chi connectivity index (χ0n) is 8.81. The molecule has 1 saturated carbocycles. The minimum atomic E-state index is -0.940. The van der Waals surface area contributed by atoms with Crippen molar-refractivity contribution in [3.8, 4) is 0 Å². The number of hydrogen-bond acceptors (Lipinski definition) is 3.